The summed E-state index contributed by atoms with van der Waals surface area (Å²) >= 11 is 1.09. The molecule has 2 rings (SSSR count). The van der Waals surface area contributed by atoms with Gasteiger partial charge < -0.3 is 15.4 Å². The van der Waals surface area contributed by atoms with Crippen molar-refractivity contribution >= 4 is 23.2 Å². The molecular weight excluding hydrogens is 333 g/mol. The summed E-state index contributed by atoms with van der Waals surface area (Å²) in [5, 5.41) is 5.56. The van der Waals surface area contributed by atoms with Gasteiger partial charge in [0.1, 0.15) is 15.7 Å². The molecule has 1 aromatic heterocycles. The summed E-state index contributed by atoms with van der Waals surface area (Å²) in [5.41, 5.74) is 0.845. The van der Waals surface area contributed by atoms with Gasteiger partial charge in [-0.2, -0.15) is 0 Å². The predicted molar refractivity (Wildman–Crippen MR) is 89.5 cm³/mol. The molecule has 1 aromatic carbocycles. The lowest BCUT2D eigenvalue weighted by molar-refractivity contribution is -0.120. The molecule has 0 unspecified atom stereocenters. The van der Waals surface area contributed by atoms with Crippen LogP contribution in [0, 0.1) is 12.7 Å². The minimum atomic E-state index is -0.408. The molecule has 24 heavy (non-hydrogen) atoms. The Bertz CT molecular complexity index is 733. The van der Waals surface area contributed by atoms with Gasteiger partial charge in [0.05, 0.1) is 18.8 Å². The molecule has 128 valence electrons. The van der Waals surface area contributed by atoms with Crippen molar-refractivity contribution in [1.82, 2.24) is 15.6 Å². The zero-order valence-electron chi connectivity index (χ0n) is 13.4. The van der Waals surface area contributed by atoms with Crippen LogP contribution in [0.3, 0.4) is 0 Å². The second-order valence-electron chi connectivity index (χ2n) is 4.94. The molecule has 0 bridgehead atoms. The van der Waals surface area contributed by atoms with E-state index in [1.165, 1.54) is 13.2 Å². The number of carbonyl (C=O) groups excluding carboxylic acids is 2. The van der Waals surface area contributed by atoms with Crippen molar-refractivity contribution in [3.8, 4) is 10.6 Å². The van der Waals surface area contributed by atoms with Crippen molar-refractivity contribution < 1.29 is 18.7 Å². The summed E-state index contributed by atoms with van der Waals surface area (Å²) in [6, 6.07) is 6.25. The van der Waals surface area contributed by atoms with Crippen molar-refractivity contribution in [2.24, 2.45) is 0 Å². The summed E-state index contributed by atoms with van der Waals surface area (Å²) in [6.07, 6.45) is 0. The highest BCUT2D eigenvalue weighted by Crippen LogP contribution is 2.29. The Labute approximate surface area is 143 Å². The topological polar surface area (TPSA) is 80.3 Å². The number of benzene rings is 1. The van der Waals surface area contributed by atoms with Crippen molar-refractivity contribution in [3.63, 3.8) is 0 Å². The zero-order valence-corrected chi connectivity index (χ0v) is 14.2. The summed E-state index contributed by atoms with van der Waals surface area (Å²) in [5.74, 6) is -1.11. The highest BCUT2D eigenvalue weighted by atomic mass is 32.1. The predicted octanol–water partition coefficient (Wildman–Crippen LogP) is 1.75. The number of amides is 2. The lowest BCUT2D eigenvalue weighted by atomic mass is 10.2. The number of hydrogen-bond donors (Lipinski definition) is 2. The lowest BCUT2D eigenvalue weighted by Gasteiger charge is -2.05. The molecular formula is C16H18FN3O3S. The first-order valence-corrected chi connectivity index (χ1v) is 8.10. The third-order valence-corrected chi connectivity index (χ3v) is 4.33. The largest absolute Gasteiger partial charge is 0.383 e. The van der Waals surface area contributed by atoms with E-state index in [9.17, 15) is 14.0 Å². The number of nitrogens with one attached hydrogen (secondary N) is 2. The van der Waals surface area contributed by atoms with Crippen LogP contribution < -0.4 is 10.6 Å². The van der Waals surface area contributed by atoms with Crippen LogP contribution in [0.4, 0.5) is 4.39 Å². The molecule has 0 saturated carbocycles. The molecule has 2 amide bonds. The molecule has 2 aromatic rings. The van der Waals surface area contributed by atoms with Crippen LogP contribution in [-0.4, -0.2) is 43.6 Å². The normalized spacial score (nSPS) is 10.5. The van der Waals surface area contributed by atoms with Crippen LogP contribution >= 0.6 is 11.3 Å². The van der Waals surface area contributed by atoms with Crippen LogP contribution in [0.25, 0.3) is 10.6 Å². The van der Waals surface area contributed by atoms with Crippen molar-refractivity contribution in [2.45, 2.75) is 6.92 Å². The molecule has 0 aliphatic rings. The van der Waals surface area contributed by atoms with Gasteiger partial charge in [-0.3, -0.25) is 9.59 Å². The van der Waals surface area contributed by atoms with Crippen LogP contribution in [0.1, 0.15) is 15.4 Å². The van der Waals surface area contributed by atoms with Gasteiger partial charge in [0.2, 0.25) is 5.91 Å². The molecule has 0 radical (unpaired) electrons. The smallest absolute Gasteiger partial charge is 0.263 e. The second kappa shape index (κ2) is 8.51. The standard InChI is InChI=1S/C16H18FN3O3S/c1-10-14(15(22)19-9-13(21)18-7-8-23-2)24-16(20-10)11-5-3-4-6-12(11)17/h3-6H,7-9H2,1-2H3,(H,18,21)(H,19,22). The third kappa shape index (κ3) is 4.59. The molecule has 8 heteroatoms. The van der Waals surface area contributed by atoms with Gasteiger partial charge in [0, 0.05) is 19.2 Å². The van der Waals surface area contributed by atoms with Crippen LogP contribution in [0.5, 0.6) is 0 Å². The fourth-order valence-corrected chi connectivity index (χ4v) is 2.96. The number of methoxy groups -OCH3 is 1. The van der Waals surface area contributed by atoms with Crippen LogP contribution in [0.2, 0.25) is 0 Å². The van der Waals surface area contributed by atoms with Gasteiger partial charge in [0.25, 0.3) is 5.91 Å². The number of carbonyl (C=O) groups is 2. The molecule has 2 N–H and O–H groups in total. The van der Waals surface area contributed by atoms with Crippen molar-refractivity contribution in [3.05, 3.63) is 40.7 Å². The molecule has 0 spiro atoms. The van der Waals surface area contributed by atoms with Gasteiger partial charge in [0.15, 0.2) is 0 Å². The summed E-state index contributed by atoms with van der Waals surface area (Å²) < 4.78 is 18.6. The molecule has 6 nitrogen and oxygen atoms in total. The van der Waals surface area contributed by atoms with E-state index >= 15 is 0 Å². The van der Waals surface area contributed by atoms with E-state index in [1.807, 2.05) is 0 Å². The minimum absolute atomic E-state index is 0.144. The number of hydrogen-bond acceptors (Lipinski definition) is 5. The van der Waals surface area contributed by atoms with Gasteiger partial charge in [-0.25, -0.2) is 9.37 Å². The highest BCUT2D eigenvalue weighted by molar-refractivity contribution is 7.17. The van der Waals surface area contributed by atoms with E-state index in [1.54, 1.807) is 25.1 Å². The van der Waals surface area contributed by atoms with Crippen molar-refractivity contribution in [2.75, 3.05) is 26.8 Å². The Kier molecular flexibility index (Phi) is 6.39. The maximum atomic E-state index is 13.8. The Morgan fingerprint density at radius 2 is 2.04 bits per heavy atom. The van der Waals surface area contributed by atoms with Gasteiger partial charge in [-0.1, -0.05) is 12.1 Å². The first-order valence-electron chi connectivity index (χ1n) is 7.29. The summed E-state index contributed by atoms with van der Waals surface area (Å²) in [6.45, 7) is 2.31. The SMILES string of the molecule is COCCNC(=O)CNC(=O)c1sc(-c2ccccc2F)nc1C. The Hall–Kier alpha value is -2.32. The zero-order chi connectivity index (χ0) is 17.5. The Morgan fingerprint density at radius 1 is 1.29 bits per heavy atom. The molecule has 0 fully saturated rings. The quantitative estimate of drug-likeness (QED) is 0.745. The van der Waals surface area contributed by atoms with E-state index in [0.717, 1.165) is 11.3 Å². The summed E-state index contributed by atoms with van der Waals surface area (Å²) in [7, 11) is 1.54. The number of halogens is 1. The Morgan fingerprint density at radius 3 is 2.75 bits per heavy atom. The number of aromatic nitrogens is 1. The molecule has 0 aliphatic heterocycles. The maximum Gasteiger partial charge on any atom is 0.263 e. The van der Waals surface area contributed by atoms with Gasteiger partial charge >= 0.3 is 0 Å². The molecule has 0 aliphatic carbocycles. The number of thiazole rings is 1. The molecule has 0 saturated heterocycles. The number of rotatable bonds is 7. The fourth-order valence-electron chi connectivity index (χ4n) is 1.95. The van der Waals surface area contributed by atoms with Gasteiger partial charge in [-0.15, -0.1) is 11.3 Å². The van der Waals surface area contributed by atoms with E-state index in [0.29, 0.717) is 34.3 Å². The maximum absolute atomic E-state index is 13.8. The van der Waals surface area contributed by atoms with Gasteiger partial charge in [-0.05, 0) is 19.1 Å². The average molecular weight is 351 g/mol. The lowest BCUT2D eigenvalue weighted by Crippen LogP contribution is -2.38. The first-order chi connectivity index (χ1) is 11.5. The summed E-state index contributed by atoms with van der Waals surface area (Å²) in [4.78, 5) is 28.4. The minimum Gasteiger partial charge on any atom is -0.383 e. The van der Waals surface area contributed by atoms with E-state index in [4.69, 9.17) is 4.74 Å². The first kappa shape index (κ1) is 18.0. The molecule has 1 heterocycles. The number of nitrogens with zero attached hydrogens (tertiary/aromatic N) is 1. The van der Waals surface area contributed by atoms with Crippen molar-refractivity contribution in [1.29, 1.82) is 0 Å². The third-order valence-electron chi connectivity index (χ3n) is 3.14. The number of aryl methyl sites for hydroxylation is 1. The highest BCUT2D eigenvalue weighted by Gasteiger charge is 2.18. The van der Waals surface area contributed by atoms with Crippen LogP contribution in [-0.2, 0) is 9.53 Å². The second-order valence-corrected chi connectivity index (χ2v) is 5.94. The number of ether oxygens (including phenoxy) is 1. The monoisotopic (exact) mass is 351 g/mol. The van der Waals surface area contributed by atoms with E-state index in [2.05, 4.69) is 15.6 Å². The fraction of sp³-hybridized carbons (Fsp3) is 0.312. The molecule has 0 atom stereocenters. The van der Waals surface area contributed by atoms with Crippen LogP contribution in [0.15, 0.2) is 24.3 Å². The van der Waals surface area contributed by atoms with E-state index in [-0.39, 0.29) is 12.5 Å². The Balaban J connectivity index is 2.01. The average Bonchev–Trinajstić information content (AvgIpc) is 2.95. The van der Waals surface area contributed by atoms with E-state index < -0.39 is 11.7 Å².